The maximum Gasteiger partial charge on any atom is 0.171 e. The van der Waals surface area contributed by atoms with Crippen molar-refractivity contribution in [3.05, 3.63) is 17.0 Å². The van der Waals surface area contributed by atoms with Gasteiger partial charge in [0.1, 0.15) is 0 Å². The standard InChI is InChI=1S/C8H13NOS/c1-5(2)8(9)6-3-4-7(10)11-6/h3-5,8,10H,9H2,1-2H3. The zero-order chi connectivity index (χ0) is 8.43. The van der Waals surface area contributed by atoms with Crippen molar-refractivity contribution in [1.82, 2.24) is 0 Å². The summed E-state index contributed by atoms with van der Waals surface area (Å²) < 4.78 is 0. The first-order valence-electron chi connectivity index (χ1n) is 3.65. The van der Waals surface area contributed by atoms with Crippen LogP contribution in [0.1, 0.15) is 24.8 Å². The summed E-state index contributed by atoms with van der Waals surface area (Å²) in [5.41, 5.74) is 5.85. The predicted molar refractivity (Wildman–Crippen MR) is 47.8 cm³/mol. The molecule has 1 atom stereocenters. The molecule has 0 radical (unpaired) electrons. The van der Waals surface area contributed by atoms with Crippen molar-refractivity contribution in [2.45, 2.75) is 19.9 Å². The molecule has 0 aromatic carbocycles. The van der Waals surface area contributed by atoms with Gasteiger partial charge in [-0.2, -0.15) is 0 Å². The Morgan fingerprint density at radius 2 is 2.09 bits per heavy atom. The molecule has 0 aliphatic heterocycles. The summed E-state index contributed by atoms with van der Waals surface area (Å²) in [6.45, 7) is 4.14. The van der Waals surface area contributed by atoms with E-state index >= 15 is 0 Å². The molecule has 0 aliphatic rings. The third-order valence-electron chi connectivity index (χ3n) is 1.66. The van der Waals surface area contributed by atoms with Gasteiger partial charge in [0, 0.05) is 10.9 Å². The summed E-state index contributed by atoms with van der Waals surface area (Å²) in [5, 5.41) is 9.39. The first-order valence-corrected chi connectivity index (χ1v) is 4.47. The summed E-state index contributed by atoms with van der Waals surface area (Å²) in [6.07, 6.45) is 0. The Morgan fingerprint density at radius 1 is 1.45 bits per heavy atom. The van der Waals surface area contributed by atoms with E-state index in [0.29, 0.717) is 11.0 Å². The van der Waals surface area contributed by atoms with Crippen LogP contribution in [0.4, 0.5) is 0 Å². The molecule has 0 bridgehead atoms. The van der Waals surface area contributed by atoms with Gasteiger partial charge in [0.15, 0.2) is 5.06 Å². The van der Waals surface area contributed by atoms with Gasteiger partial charge < -0.3 is 10.8 Å². The number of aromatic hydroxyl groups is 1. The van der Waals surface area contributed by atoms with Crippen LogP contribution in [-0.2, 0) is 0 Å². The molecule has 1 heterocycles. The van der Waals surface area contributed by atoms with Gasteiger partial charge in [-0.15, -0.1) is 11.3 Å². The van der Waals surface area contributed by atoms with Gasteiger partial charge in [-0.05, 0) is 18.1 Å². The molecule has 1 rings (SSSR count). The molecule has 0 saturated carbocycles. The number of nitrogens with two attached hydrogens (primary N) is 1. The molecule has 11 heavy (non-hydrogen) atoms. The van der Waals surface area contributed by atoms with E-state index in [2.05, 4.69) is 13.8 Å². The zero-order valence-corrected chi connectivity index (χ0v) is 7.56. The quantitative estimate of drug-likeness (QED) is 0.716. The highest BCUT2D eigenvalue weighted by atomic mass is 32.1. The number of hydrogen-bond donors (Lipinski definition) is 2. The highest BCUT2D eigenvalue weighted by molar-refractivity contribution is 7.13. The minimum Gasteiger partial charge on any atom is -0.499 e. The smallest absolute Gasteiger partial charge is 0.171 e. The second-order valence-electron chi connectivity index (χ2n) is 2.95. The van der Waals surface area contributed by atoms with E-state index < -0.39 is 0 Å². The Kier molecular flexibility index (Phi) is 2.52. The Hall–Kier alpha value is -0.540. The molecule has 0 saturated heterocycles. The molecule has 3 N–H and O–H groups in total. The summed E-state index contributed by atoms with van der Waals surface area (Å²) in [4.78, 5) is 1.05. The summed E-state index contributed by atoms with van der Waals surface area (Å²) in [5.74, 6) is 0.424. The molecule has 0 aliphatic carbocycles. The van der Waals surface area contributed by atoms with Crippen molar-refractivity contribution >= 4 is 11.3 Å². The number of hydrogen-bond acceptors (Lipinski definition) is 3. The van der Waals surface area contributed by atoms with Crippen LogP contribution < -0.4 is 5.73 Å². The fraction of sp³-hybridized carbons (Fsp3) is 0.500. The third-order valence-corrected chi connectivity index (χ3v) is 2.65. The SMILES string of the molecule is CC(C)C(N)c1ccc(O)s1. The number of rotatable bonds is 2. The van der Waals surface area contributed by atoms with Crippen LogP contribution in [-0.4, -0.2) is 5.11 Å². The van der Waals surface area contributed by atoms with Crippen LogP contribution in [0.3, 0.4) is 0 Å². The van der Waals surface area contributed by atoms with Gasteiger partial charge in [-0.3, -0.25) is 0 Å². The lowest BCUT2D eigenvalue weighted by Crippen LogP contribution is -2.14. The van der Waals surface area contributed by atoms with E-state index in [0.717, 1.165) is 4.88 Å². The van der Waals surface area contributed by atoms with E-state index in [1.807, 2.05) is 6.07 Å². The van der Waals surface area contributed by atoms with E-state index in [-0.39, 0.29) is 6.04 Å². The highest BCUT2D eigenvalue weighted by Crippen LogP contribution is 2.29. The Morgan fingerprint density at radius 3 is 2.45 bits per heavy atom. The minimum absolute atomic E-state index is 0.0564. The van der Waals surface area contributed by atoms with Gasteiger partial charge >= 0.3 is 0 Å². The van der Waals surface area contributed by atoms with E-state index in [9.17, 15) is 0 Å². The zero-order valence-electron chi connectivity index (χ0n) is 6.74. The molecule has 1 aromatic heterocycles. The van der Waals surface area contributed by atoms with Crippen molar-refractivity contribution in [1.29, 1.82) is 0 Å². The third kappa shape index (κ3) is 1.94. The molecular weight excluding hydrogens is 158 g/mol. The Bertz CT molecular complexity index is 232. The highest BCUT2D eigenvalue weighted by Gasteiger charge is 2.12. The van der Waals surface area contributed by atoms with Gasteiger partial charge in [-0.1, -0.05) is 13.8 Å². The number of thiophene rings is 1. The van der Waals surface area contributed by atoms with Gasteiger partial charge in [0.2, 0.25) is 0 Å². The van der Waals surface area contributed by atoms with E-state index in [1.54, 1.807) is 6.07 Å². The van der Waals surface area contributed by atoms with Crippen molar-refractivity contribution in [3.8, 4) is 5.06 Å². The van der Waals surface area contributed by atoms with Gasteiger partial charge in [0.25, 0.3) is 0 Å². The molecule has 0 fully saturated rings. The van der Waals surface area contributed by atoms with Gasteiger partial charge in [-0.25, -0.2) is 0 Å². The molecule has 0 spiro atoms. The van der Waals surface area contributed by atoms with Crippen LogP contribution in [0.15, 0.2) is 12.1 Å². The summed E-state index contributed by atoms with van der Waals surface area (Å²) in [7, 11) is 0. The largest absolute Gasteiger partial charge is 0.499 e. The molecule has 0 amide bonds. The Balaban J connectivity index is 2.76. The lowest BCUT2D eigenvalue weighted by molar-refractivity contribution is 0.491. The lowest BCUT2D eigenvalue weighted by atomic mass is 10.0. The average molecular weight is 171 g/mol. The normalized spacial score (nSPS) is 13.8. The average Bonchev–Trinajstić information content (AvgIpc) is 2.34. The molecule has 2 nitrogen and oxygen atoms in total. The first kappa shape index (κ1) is 8.56. The van der Waals surface area contributed by atoms with Gasteiger partial charge in [0.05, 0.1) is 0 Å². The van der Waals surface area contributed by atoms with Crippen molar-refractivity contribution in [2.24, 2.45) is 11.7 Å². The molecule has 1 unspecified atom stereocenters. The van der Waals surface area contributed by atoms with Crippen LogP contribution >= 0.6 is 11.3 Å². The molecule has 62 valence electrons. The van der Waals surface area contributed by atoms with Crippen molar-refractivity contribution in [2.75, 3.05) is 0 Å². The fourth-order valence-electron chi connectivity index (χ4n) is 0.850. The van der Waals surface area contributed by atoms with E-state index in [4.69, 9.17) is 10.8 Å². The second kappa shape index (κ2) is 3.24. The Labute approximate surface area is 70.7 Å². The summed E-state index contributed by atoms with van der Waals surface area (Å²) in [6, 6.07) is 3.62. The van der Waals surface area contributed by atoms with Crippen LogP contribution in [0.5, 0.6) is 5.06 Å². The summed E-state index contributed by atoms with van der Waals surface area (Å²) >= 11 is 1.35. The second-order valence-corrected chi connectivity index (χ2v) is 4.04. The van der Waals surface area contributed by atoms with E-state index in [1.165, 1.54) is 11.3 Å². The fourth-order valence-corrected chi connectivity index (χ4v) is 1.77. The predicted octanol–water partition coefficient (Wildman–Crippen LogP) is 2.11. The van der Waals surface area contributed by atoms with Crippen molar-refractivity contribution in [3.63, 3.8) is 0 Å². The topological polar surface area (TPSA) is 46.2 Å². The van der Waals surface area contributed by atoms with Crippen LogP contribution in [0, 0.1) is 5.92 Å². The molecular formula is C8H13NOS. The lowest BCUT2D eigenvalue weighted by Gasteiger charge is -2.12. The maximum absolute atomic E-state index is 9.05. The van der Waals surface area contributed by atoms with Crippen molar-refractivity contribution < 1.29 is 5.11 Å². The monoisotopic (exact) mass is 171 g/mol. The minimum atomic E-state index is 0.0564. The van der Waals surface area contributed by atoms with Crippen LogP contribution in [0.2, 0.25) is 0 Å². The first-order chi connectivity index (χ1) is 5.11. The molecule has 1 aromatic rings. The maximum atomic E-state index is 9.05. The van der Waals surface area contributed by atoms with Crippen LogP contribution in [0.25, 0.3) is 0 Å². The molecule has 3 heteroatoms.